The van der Waals surface area contributed by atoms with Crippen LogP contribution in [-0.2, 0) is 11.8 Å². The number of phenolic OH excluding ortho intramolecular Hbond substituents is 1. The number of hydrogen-bond donors (Lipinski definition) is 2. The van der Waals surface area contributed by atoms with Gasteiger partial charge in [0.1, 0.15) is 11.6 Å². The van der Waals surface area contributed by atoms with Gasteiger partial charge in [0.05, 0.1) is 19.4 Å². The molecule has 106 valence electrons. The lowest BCUT2D eigenvalue weighted by Gasteiger charge is -2.29. The van der Waals surface area contributed by atoms with Crippen LogP contribution in [0.4, 0.5) is 11.5 Å². The fraction of sp³-hybridized carbons (Fsp3) is 0.357. The van der Waals surface area contributed by atoms with E-state index in [4.69, 9.17) is 10.5 Å². The van der Waals surface area contributed by atoms with Gasteiger partial charge in [0, 0.05) is 37.0 Å². The number of nitrogens with two attached hydrogens (primary N) is 1. The van der Waals surface area contributed by atoms with Crippen LogP contribution in [0.2, 0.25) is 0 Å². The quantitative estimate of drug-likeness (QED) is 0.861. The van der Waals surface area contributed by atoms with Crippen molar-refractivity contribution in [2.75, 3.05) is 36.9 Å². The van der Waals surface area contributed by atoms with Crippen molar-refractivity contribution in [3.63, 3.8) is 0 Å². The zero-order valence-electron chi connectivity index (χ0n) is 11.4. The summed E-state index contributed by atoms with van der Waals surface area (Å²) in [6.45, 7) is 3.16. The molecule has 3 rings (SSSR count). The molecule has 0 amide bonds. The number of hydrogen-bond acceptors (Lipinski definition) is 5. The molecule has 1 saturated heterocycles. The van der Waals surface area contributed by atoms with Gasteiger partial charge in [0.15, 0.2) is 0 Å². The Morgan fingerprint density at radius 1 is 1.25 bits per heavy atom. The van der Waals surface area contributed by atoms with Crippen molar-refractivity contribution in [2.45, 2.75) is 0 Å². The topological polar surface area (TPSA) is 76.5 Å². The molecule has 6 nitrogen and oxygen atoms in total. The highest BCUT2D eigenvalue weighted by Crippen LogP contribution is 2.35. The van der Waals surface area contributed by atoms with Crippen molar-refractivity contribution in [1.29, 1.82) is 0 Å². The Morgan fingerprint density at radius 2 is 2.00 bits per heavy atom. The standard InChI is InChI=1S/C14H18N4O2/c1-17-14(15)12(9-16-17)11-8-10(2-3-13(11)19)18-4-6-20-7-5-18/h2-3,8-9,19H,4-7,15H2,1H3. The van der Waals surface area contributed by atoms with E-state index in [0.717, 1.165) is 37.6 Å². The molecule has 0 spiro atoms. The highest BCUT2D eigenvalue weighted by atomic mass is 16.5. The lowest BCUT2D eigenvalue weighted by molar-refractivity contribution is 0.122. The predicted octanol–water partition coefficient (Wildman–Crippen LogP) is 1.21. The molecular formula is C14H18N4O2. The molecule has 2 heterocycles. The number of aromatic nitrogens is 2. The Labute approximate surface area is 117 Å². The van der Waals surface area contributed by atoms with Crippen molar-refractivity contribution in [2.24, 2.45) is 7.05 Å². The van der Waals surface area contributed by atoms with E-state index in [1.54, 1.807) is 24.0 Å². The van der Waals surface area contributed by atoms with Gasteiger partial charge in [-0.15, -0.1) is 0 Å². The van der Waals surface area contributed by atoms with Crippen LogP contribution in [0.1, 0.15) is 0 Å². The lowest BCUT2D eigenvalue weighted by Crippen LogP contribution is -2.36. The second kappa shape index (κ2) is 5.05. The summed E-state index contributed by atoms with van der Waals surface area (Å²) in [5.74, 6) is 0.751. The number of morpholine rings is 1. The molecule has 1 aromatic carbocycles. The predicted molar refractivity (Wildman–Crippen MR) is 77.8 cm³/mol. The molecule has 3 N–H and O–H groups in total. The molecule has 0 atom stereocenters. The smallest absolute Gasteiger partial charge is 0.129 e. The summed E-state index contributed by atoms with van der Waals surface area (Å²) in [5.41, 5.74) is 8.51. The monoisotopic (exact) mass is 274 g/mol. The first-order valence-electron chi connectivity index (χ1n) is 6.60. The van der Waals surface area contributed by atoms with Crippen molar-refractivity contribution in [3.8, 4) is 16.9 Å². The summed E-state index contributed by atoms with van der Waals surface area (Å²) in [7, 11) is 1.78. The van der Waals surface area contributed by atoms with Crippen molar-refractivity contribution in [3.05, 3.63) is 24.4 Å². The number of aryl methyl sites for hydroxylation is 1. The van der Waals surface area contributed by atoms with Gasteiger partial charge in [-0.3, -0.25) is 4.68 Å². The second-order valence-electron chi connectivity index (χ2n) is 4.87. The first-order valence-corrected chi connectivity index (χ1v) is 6.60. The fourth-order valence-electron chi connectivity index (χ4n) is 2.41. The zero-order chi connectivity index (χ0) is 14.1. The van der Waals surface area contributed by atoms with Gasteiger partial charge in [-0.2, -0.15) is 5.10 Å². The van der Waals surface area contributed by atoms with Crippen molar-refractivity contribution < 1.29 is 9.84 Å². The Balaban J connectivity index is 2.00. The molecule has 1 aromatic heterocycles. The molecule has 2 aromatic rings. The highest BCUT2D eigenvalue weighted by molar-refractivity contribution is 5.80. The highest BCUT2D eigenvalue weighted by Gasteiger charge is 2.16. The summed E-state index contributed by atoms with van der Waals surface area (Å²) in [6, 6.07) is 5.57. The molecular weight excluding hydrogens is 256 g/mol. The Bertz CT molecular complexity index is 618. The van der Waals surface area contributed by atoms with Crippen LogP contribution in [0.3, 0.4) is 0 Å². The third-order valence-electron chi connectivity index (χ3n) is 3.63. The maximum Gasteiger partial charge on any atom is 0.129 e. The molecule has 0 aliphatic carbocycles. The zero-order valence-corrected chi connectivity index (χ0v) is 11.4. The first kappa shape index (κ1) is 12.8. The maximum absolute atomic E-state index is 10.1. The van der Waals surface area contributed by atoms with E-state index in [0.29, 0.717) is 11.4 Å². The average molecular weight is 274 g/mol. The number of phenols is 1. The van der Waals surface area contributed by atoms with Crippen LogP contribution in [0.5, 0.6) is 5.75 Å². The average Bonchev–Trinajstić information content (AvgIpc) is 2.81. The minimum atomic E-state index is 0.210. The SMILES string of the molecule is Cn1ncc(-c2cc(N3CCOCC3)ccc2O)c1N. The van der Waals surface area contributed by atoms with Gasteiger partial charge in [-0.25, -0.2) is 0 Å². The van der Waals surface area contributed by atoms with Crippen LogP contribution in [0.15, 0.2) is 24.4 Å². The number of nitrogens with zero attached hydrogens (tertiary/aromatic N) is 3. The number of aromatic hydroxyl groups is 1. The van der Waals surface area contributed by atoms with Gasteiger partial charge in [0.2, 0.25) is 0 Å². The van der Waals surface area contributed by atoms with Crippen LogP contribution in [-0.4, -0.2) is 41.2 Å². The first-order chi connectivity index (χ1) is 9.66. The summed E-state index contributed by atoms with van der Waals surface area (Å²) in [6.07, 6.45) is 1.67. The van der Waals surface area contributed by atoms with E-state index in [2.05, 4.69) is 10.00 Å². The third-order valence-corrected chi connectivity index (χ3v) is 3.63. The summed E-state index contributed by atoms with van der Waals surface area (Å²) in [5, 5.41) is 14.2. The third kappa shape index (κ3) is 2.18. The minimum absolute atomic E-state index is 0.210. The molecule has 0 unspecified atom stereocenters. The molecule has 0 bridgehead atoms. The number of anilines is 2. The van der Waals surface area contributed by atoms with E-state index in [9.17, 15) is 5.11 Å². The van der Waals surface area contributed by atoms with E-state index < -0.39 is 0 Å². The van der Waals surface area contributed by atoms with Gasteiger partial charge >= 0.3 is 0 Å². The van der Waals surface area contributed by atoms with Crippen LogP contribution in [0.25, 0.3) is 11.1 Å². The molecule has 0 saturated carbocycles. The van der Waals surface area contributed by atoms with Crippen molar-refractivity contribution >= 4 is 11.5 Å². The van der Waals surface area contributed by atoms with Crippen LogP contribution >= 0.6 is 0 Å². The summed E-state index contributed by atoms with van der Waals surface area (Å²) < 4.78 is 6.95. The molecule has 1 aliphatic heterocycles. The molecule has 6 heteroatoms. The summed E-state index contributed by atoms with van der Waals surface area (Å²) >= 11 is 0. The van der Waals surface area contributed by atoms with E-state index in [1.165, 1.54) is 0 Å². The van der Waals surface area contributed by atoms with Gasteiger partial charge < -0.3 is 20.5 Å². The van der Waals surface area contributed by atoms with Crippen molar-refractivity contribution in [1.82, 2.24) is 9.78 Å². The molecule has 1 fully saturated rings. The minimum Gasteiger partial charge on any atom is -0.507 e. The van der Waals surface area contributed by atoms with E-state index in [-0.39, 0.29) is 5.75 Å². The number of nitrogen functional groups attached to an aromatic ring is 1. The van der Waals surface area contributed by atoms with Crippen LogP contribution in [0, 0.1) is 0 Å². The fourth-order valence-corrected chi connectivity index (χ4v) is 2.41. The summed E-state index contributed by atoms with van der Waals surface area (Å²) in [4.78, 5) is 2.24. The van der Waals surface area contributed by atoms with E-state index in [1.807, 2.05) is 12.1 Å². The largest absolute Gasteiger partial charge is 0.507 e. The number of ether oxygens (including phenoxy) is 1. The van der Waals surface area contributed by atoms with E-state index >= 15 is 0 Å². The Kier molecular flexibility index (Phi) is 3.23. The van der Waals surface area contributed by atoms with Gasteiger partial charge in [-0.05, 0) is 18.2 Å². The Morgan fingerprint density at radius 3 is 2.65 bits per heavy atom. The number of benzene rings is 1. The van der Waals surface area contributed by atoms with Gasteiger partial charge in [0.25, 0.3) is 0 Å². The number of rotatable bonds is 2. The normalized spacial score (nSPS) is 15.6. The lowest BCUT2D eigenvalue weighted by atomic mass is 10.1. The molecule has 1 aliphatic rings. The van der Waals surface area contributed by atoms with Gasteiger partial charge in [-0.1, -0.05) is 0 Å². The van der Waals surface area contributed by atoms with Crippen LogP contribution < -0.4 is 10.6 Å². The Hall–Kier alpha value is -2.21. The molecule has 20 heavy (non-hydrogen) atoms. The maximum atomic E-state index is 10.1. The molecule has 0 radical (unpaired) electrons. The second-order valence-corrected chi connectivity index (χ2v) is 4.87.